The van der Waals surface area contributed by atoms with E-state index in [2.05, 4.69) is 15.9 Å². The largest absolute Gasteiger partial charge is 0.294 e. The van der Waals surface area contributed by atoms with E-state index in [1.54, 1.807) is 17.3 Å². The molecule has 15 heavy (non-hydrogen) atoms. The predicted molar refractivity (Wildman–Crippen MR) is 56.1 cm³/mol. The monoisotopic (exact) mass is 201 g/mol. The van der Waals surface area contributed by atoms with Gasteiger partial charge in [0.15, 0.2) is 5.82 Å². The van der Waals surface area contributed by atoms with Gasteiger partial charge >= 0.3 is 0 Å². The highest BCUT2D eigenvalue weighted by atomic mass is 16.2. The number of carbonyl (C=O) groups excluding carboxylic acids is 1. The van der Waals surface area contributed by atoms with Gasteiger partial charge in [-0.3, -0.25) is 14.7 Å². The molecule has 1 amide bonds. The maximum atomic E-state index is 11.6. The molecule has 1 aromatic rings. The summed E-state index contributed by atoms with van der Waals surface area (Å²) < 4.78 is 0. The molecule has 76 valence electrons. The number of hydrogen-bond acceptors (Lipinski definition) is 3. The van der Waals surface area contributed by atoms with Crippen LogP contribution in [0.1, 0.15) is 12.1 Å². The second kappa shape index (κ2) is 3.70. The normalized spacial score (nSPS) is 20.4. The maximum absolute atomic E-state index is 11.6. The Morgan fingerprint density at radius 1 is 1.53 bits per heavy atom. The average Bonchev–Trinajstić information content (AvgIpc) is 2.61. The Bertz CT molecular complexity index is 418. The van der Waals surface area contributed by atoms with Gasteiger partial charge in [0.05, 0.1) is 18.1 Å². The zero-order valence-electron chi connectivity index (χ0n) is 8.47. The maximum Gasteiger partial charge on any atom is 0.229 e. The van der Waals surface area contributed by atoms with E-state index in [1.165, 1.54) is 0 Å². The van der Waals surface area contributed by atoms with Crippen LogP contribution in [0.5, 0.6) is 0 Å². The van der Waals surface area contributed by atoms with E-state index in [9.17, 15) is 4.79 Å². The summed E-state index contributed by atoms with van der Waals surface area (Å²) in [6.45, 7) is 2.40. The molecule has 1 atom stereocenters. The highest BCUT2D eigenvalue weighted by molar-refractivity contribution is 5.95. The van der Waals surface area contributed by atoms with Gasteiger partial charge in [0.2, 0.25) is 5.91 Å². The van der Waals surface area contributed by atoms with E-state index in [4.69, 9.17) is 6.42 Å². The van der Waals surface area contributed by atoms with Crippen molar-refractivity contribution in [3.8, 4) is 12.3 Å². The van der Waals surface area contributed by atoms with Crippen LogP contribution in [-0.4, -0.2) is 22.4 Å². The van der Waals surface area contributed by atoms with Crippen molar-refractivity contribution in [2.75, 3.05) is 11.4 Å². The minimum atomic E-state index is 0.000558. The lowest BCUT2D eigenvalue weighted by molar-refractivity contribution is -0.117. The molecule has 1 unspecified atom stereocenters. The second-order valence-corrected chi connectivity index (χ2v) is 3.59. The highest BCUT2D eigenvalue weighted by Gasteiger charge is 2.30. The number of amides is 1. The Morgan fingerprint density at radius 3 is 2.87 bits per heavy atom. The van der Waals surface area contributed by atoms with Gasteiger partial charge in [-0.25, -0.2) is 4.98 Å². The van der Waals surface area contributed by atoms with Crippen molar-refractivity contribution in [1.29, 1.82) is 0 Å². The van der Waals surface area contributed by atoms with Crippen molar-refractivity contribution >= 4 is 11.7 Å². The number of aryl methyl sites for hydroxylation is 1. The van der Waals surface area contributed by atoms with E-state index in [0.29, 0.717) is 18.8 Å². The third-order valence-electron chi connectivity index (χ3n) is 2.40. The van der Waals surface area contributed by atoms with E-state index in [-0.39, 0.29) is 11.8 Å². The van der Waals surface area contributed by atoms with Crippen LogP contribution in [0.3, 0.4) is 0 Å². The number of carbonyl (C=O) groups is 1. The van der Waals surface area contributed by atoms with Crippen LogP contribution >= 0.6 is 0 Å². The molecule has 0 aliphatic carbocycles. The zero-order chi connectivity index (χ0) is 10.8. The van der Waals surface area contributed by atoms with Crippen LogP contribution in [0.25, 0.3) is 0 Å². The van der Waals surface area contributed by atoms with Crippen molar-refractivity contribution in [2.45, 2.75) is 13.3 Å². The van der Waals surface area contributed by atoms with Gasteiger partial charge in [-0.2, -0.15) is 0 Å². The molecule has 0 aromatic carbocycles. The highest BCUT2D eigenvalue weighted by Crippen LogP contribution is 2.21. The molecular weight excluding hydrogens is 190 g/mol. The Labute approximate surface area is 88.3 Å². The molecule has 1 aromatic heterocycles. The summed E-state index contributed by atoms with van der Waals surface area (Å²) in [6.07, 6.45) is 8.95. The molecule has 1 fully saturated rings. The number of aromatic nitrogens is 2. The third kappa shape index (κ3) is 1.82. The summed E-state index contributed by atoms with van der Waals surface area (Å²) in [5, 5.41) is 0. The Balaban J connectivity index is 2.22. The first-order chi connectivity index (χ1) is 7.20. The first kappa shape index (κ1) is 9.66. The molecule has 0 spiro atoms. The molecule has 0 N–H and O–H groups in total. The molecule has 4 nitrogen and oxygen atoms in total. The summed E-state index contributed by atoms with van der Waals surface area (Å²) >= 11 is 0. The number of anilines is 1. The predicted octanol–water partition coefficient (Wildman–Crippen LogP) is 0.771. The molecule has 2 heterocycles. The van der Waals surface area contributed by atoms with Crippen molar-refractivity contribution in [3.05, 3.63) is 18.1 Å². The van der Waals surface area contributed by atoms with Gasteiger partial charge in [0, 0.05) is 18.9 Å². The van der Waals surface area contributed by atoms with Crippen molar-refractivity contribution < 1.29 is 4.79 Å². The minimum absolute atomic E-state index is 0.000558. The zero-order valence-corrected chi connectivity index (χ0v) is 8.47. The quantitative estimate of drug-likeness (QED) is 0.630. The smallest absolute Gasteiger partial charge is 0.229 e. The third-order valence-corrected chi connectivity index (χ3v) is 2.40. The Kier molecular flexibility index (Phi) is 2.38. The van der Waals surface area contributed by atoms with Crippen LogP contribution < -0.4 is 4.90 Å². The van der Waals surface area contributed by atoms with Crippen LogP contribution in [0.2, 0.25) is 0 Å². The average molecular weight is 201 g/mol. The fourth-order valence-corrected chi connectivity index (χ4v) is 1.57. The first-order valence-electron chi connectivity index (χ1n) is 4.76. The van der Waals surface area contributed by atoms with Crippen molar-refractivity contribution in [1.82, 2.24) is 9.97 Å². The Morgan fingerprint density at radius 2 is 2.33 bits per heavy atom. The van der Waals surface area contributed by atoms with Crippen LogP contribution in [0.4, 0.5) is 5.82 Å². The summed E-state index contributed by atoms with van der Waals surface area (Å²) in [5.41, 5.74) is 0.832. The van der Waals surface area contributed by atoms with Crippen LogP contribution in [0, 0.1) is 25.2 Å². The fraction of sp³-hybridized carbons (Fsp3) is 0.364. The van der Waals surface area contributed by atoms with Crippen LogP contribution in [0.15, 0.2) is 12.4 Å². The van der Waals surface area contributed by atoms with Gasteiger partial charge in [0.1, 0.15) is 0 Å². The van der Waals surface area contributed by atoms with E-state index in [0.717, 1.165) is 5.69 Å². The molecule has 2 rings (SSSR count). The summed E-state index contributed by atoms with van der Waals surface area (Å²) in [5.74, 6) is 3.21. The van der Waals surface area contributed by atoms with Gasteiger partial charge < -0.3 is 0 Å². The number of rotatable bonds is 1. The molecule has 1 aliphatic rings. The number of nitrogens with zero attached hydrogens (tertiary/aromatic N) is 3. The molecule has 0 radical (unpaired) electrons. The molecule has 4 heteroatoms. The summed E-state index contributed by atoms with van der Waals surface area (Å²) in [7, 11) is 0. The van der Waals surface area contributed by atoms with E-state index >= 15 is 0 Å². The summed E-state index contributed by atoms with van der Waals surface area (Å²) in [4.78, 5) is 21.4. The minimum Gasteiger partial charge on any atom is -0.294 e. The standard InChI is InChI=1S/C11H11N3O/c1-3-9-4-11(15)14(7-9)10-6-12-8(2)5-13-10/h1,5-6,9H,4,7H2,2H3. The molecule has 0 saturated carbocycles. The number of terminal acetylenes is 1. The molecular formula is C11H11N3O. The summed E-state index contributed by atoms with van der Waals surface area (Å²) in [6, 6.07) is 0. The second-order valence-electron chi connectivity index (χ2n) is 3.59. The van der Waals surface area contributed by atoms with E-state index in [1.807, 2.05) is 6.92 Å². The first-order valence-corrected chi connectivity index (χ1v) is 4.76. The lowest BCUT2D eigenvalue weighted by Crippen LogP contribution is -2.25. The molecule has 1 saturated heterocycles. The van der Waals surface area contributed by atoms with Crippen molar-refractivity contribution in [2.24, 2.45) is 5.92 Å². The molecule has 0 bridgehead atoms. The number of hydrogen-bond donors (Lipinski definition) is 0. The van der Waals surface area contributed by atoms with E-state index < -0.39 is 0 Å². The molecule has 1 aliphatic heterocycles. The SMILES string of the molecule is C#CC1CC(=O)N(c2cnc(C)cn2)C1. The van der Waals surface area contributed by atoms with Gasteiger partial charge in [-0.15, -0.1) is 12.3 Å². The van der Waals surface area contributed by atoms with Crippen LogP contribution in [-0.2, 0) is 4.79 Å². The van der Waals surface area contributed by atoms with Gasteiger partial charge in [0.25, 0.3) is 0 Å². The fourth-order valence-electron chi connectivity index (χ4n) is 1.57. The lowest BCUT2D eigenvalue weighted by Gasteiger charge is -2.13. The lowest BCUT2D eigenvalue weighted by atomic mass is 10.1. The van der Waals surface area contributed by atoms with Gasteiger partial charge in [-0.05, 0) is 6.92 Å². The Hall–Kier alpha value is -1.89. The topological polar surface area (TPSA) is 46.1 Å². The van der Waals surface area contributed by atoms with Gasteiger partial charge in [-0.1, -0.05) is 0 Å². The van der Waals surface area contributed by atoms with Crippen molar-refractivity contribution in [3.63, 3.8) is 0 Å².